The number of anilines is 1. The van der Waals surface area contributed by atoms with E-state index in [0.717, 1.165) is 32.2 Å². The topological polar surface area (TPSA) is 15.7 Å². The maximum atomic E-state index is 5.49. The minimum Gasteiger partial charge on any atom is -0.381 e. The summed E-state index contributed by atoms with van der Waals surface area (Å²) in [4.78, 5) is 5.13. The molecule has 0 saturated carbocycles. The molecule has 0 radical (unpaired) electrons. The molecule has 4 rings (SSSR count). The first kappa shape index (κ1) is 14.0. The van der Waals surface area contributed by atoms with Gasteiger partial charge in [-0.25, -0.2) is 0 Å². The van der Waals surface area contributed by atoms with Crippen molar-refractivity contribution in [3.63, 3.8) is 0 Å². The largest absolute Gasteiger partial charge is 0.381 e. The Balaban J connectivity index is 1.39. The van der Waals surface area contributed by atoms with Crippen LogP contribution in [0, 0.1) is 5.92 Å². The minimum atomic E-state index is 0.757. The highest BCUT2D eigenvalue weighted by molar-refractivity contribution is 5.85. The zero-order valence-electron chi connectivity index (χ0n) is 13.1. The Kier molecular flexibility index (Phi) is 4.00. The van der Waals surface area contributed by atoms with Crippen molar-refractivity contribution in [2.45, 2.75) is 6.42 Å². The summed E-state index contributed by atoms with van der Waals surface area (Å²) >= 11 is 0. The van der Waals surface area contributed by atoms with Gasteiger partial charge in [-0.05, 0) is 35.2 Å². The van der Waals surface area contributed by atoms with E-state index >= 15 is 0 Å². The van der Waals surface area contributed by atoms with Gasteiger partial charge in [0.25, 0.3) is 0 Å². The number of nitrogens with zero attached hydrogens (tertiary/aromatic N) is 2. The number of fused-ring (bicyclic) bond motifs is 1. The van der Waals surface area contributed by atoms with E-state index in [-0.39, 0.29) is 0 Å². The van der Waals surface area contributed by atoms with E-state index in [1.54, 1.807) is 0 Å². The van der Waals surface area contributed by atoms with Gasteiger partial charge < -0.3 is 9.64 Å². The van der Waals surface area contributed by atoms with Crippen LogP contribution in [-0.2, 0) is 4.74 Å². The molecule has 0 bridgehead atoms. The third-order valence-electron chi connectivity index (χ3n) is 5.01. The Morgan fingerprint density at radius 1 is 0.955 bits per heavy atom. The van der Waals surface area contributed by atoms with Gasteiger partial charge in [0.05, 0.1) is 6.61 Å². The van der Waals surface area contributed by atoms with Crippen LogP contribution < -0.4 is 4.90 Å². The zero-order valence-corrected chi connectivity index (χ0v) is 13.1. The summed E-state index contributed by atoms with van der Waals surface area (Å²) in [5.41, 5.74) is 1.36. The molecule has 3 heteroatoms. The highest BCUT2D eigenvalue weighted by Gasteiger charge is 2.22. The van der Waals surface area contributed by atoms with Crippen LogP contribution in [0.2, 0.25) is 0 Å². The normalized spacial score (nSPS) is 23.3. The molecular formula is C19H24N2O. The van der Waals surface area contributed by atoms with Crippen LogP contribution in [0.3, 0.4) is 0 Å². The van der Waals surface area contributed by atoms with Gasteiger partial charge in [0.1, 0.15) is 0 Å². The fourth-order valence-corrected chi connectivity index (χ4v) is 3.65. The number of ether oxygens (including phenoxy) is 1. The van der Waals surface area contributed by atoms with Crippen LogP contribution in [0.15, 0.2) is 42.5 Å². The minimum absolute atomic E-state index is 0.757. The molecule has 2 aromatic rings. The van der Waals surface area contributed by atoms with E-state index in [1.807, 2.05) is 0 Å². The van der Waals surface area contributed by atoms with Gasteiger partial charge in [-0.15, -0.1) is 0 Å². The first-order chi connectivity index (χ1) is 10.9. The molecule has 22 heavy (non-hydrogen) atoms. The van der Waals surface area contributed by atoms with Crippen molar-refractivity contribution in [1.82, 2.24) is 4.90 Å². The average molecular weight is 296 g/mol. The van der Waals surface area contributed by atoms with Crippen molar-refractivity contribution in [3.8, 4) is 0 Å². The third kappa shape index (κ3) is 2.96. The lowest BCUT2D eigenvalue weighted by Gasteiger charge is -2.37. The van der Waals surface area contributed by atoms with Crippen molar-refractivity contribution in [1.29, 1.82) is 0 Å². The van der Waals surface area contributed by atoms with E-state index in [9.17, 15) is 0 Å². The zero-order chi connectivity index (χ0) is 14.8. The van der Waals surface area contributed by atoms with Crippen LogP contribution in [0.25, 0.3) is 10.8 Å². The molecule has 116 valence electrons. The van der Waals surface area contributed by atoms with E-state index in [1.165, 1.54) is 42.5 Å². The van der Waals surface area contributed by atoms with E-state index in [2.05, 4.69) is 52.3 Å². The van der Waals surface area contributed by atoms with Crippen LogP contribution in [0.4, 0.5) is 5.69 Å². The first-order valence-electron chi connectivity index (χ1n) is 8.42. The fraction of sp³-hybridized carbons (Fsp3) is 0.474. The molecular weight excluding hydrogens is 272 g/mol. The molecule has 2 saturated heterocycles. The Morgan fingerprint density at radius 3 is 2.55 bits per heavy atom. The molecule has 0 aliphatic carbocycles. The standard InChI is InChI=1S/C19H24N2O/c1-2-4-18-13-19(6-5-17(18)3-1)21-10-8-20(9-11-21)14-16-7-12-22-15-16/h1-6,13,16H,7-12,14-15H2. The van der Waals surface area contributed by atoms with E-state index < -0.39 is 0 Å². The van der Waals surface area contributed by atoms with Gasteiger partial charge in [-0.2, -0.15) is 0 Å². The first-order valence-corrected chi connectivity index (χ1v) is 8.42. The quantitative estimate of drug-likeness (QED) is 0.866. The smallest absolute Gasteiger partial charge is 0.0507 e. The van der Waals surface area contributed by atoms with Gasteiger partial charge in [0, 0.05) is 45.0 Å². The molecule has 3 nitrogen and oxygen atoms in total. The summed E-state index contributed by atoms with van der Waals surface area (Å²) in [6.45, 7) is 7.74. The molecule has 2 heterocycles. The van der Waals surface area contributed by atoms with Gasteiger partial charge >= 0.3 is 0 Å². The third-order valence-corrected chi connectivity index (χ3v) is 5.01. The van der Waals surface area contributed by atoms with Gasteiger partial charge in [-0.3, -0.25) is 4.90 Å². The summed E-state index contributed by atoms with van der Waals surface area (Å²) in [6, 6.07) is 15.4. The molecule has 2 aliphatic rings. The lowest BCUT2D eigenvalue weighted by Crippen LogP contribution is -2.47. The summed E-state index contributed by atoms with van der Waals surface area (Å²) in [7, 11) is 0. The van der Waals surface area contributed by atoms with Gasteiger partial charge in [0.2, 0.25) is 0 Å². The number of piperazine rings is 1. The number of rotatable bonds is 3. The molecule has 0 aromatic heterocycles. The maximum absolute atomic E-state index is 5.49. The number of benzene rings is 2. The van der Waals surface area contributed by atoms with E-state index in [0.29, 0.717) is 0 Å². The maximum Gasteiger partial charge on any atom is 0.0507 e. The van der Waals surface area contributed by atoms with Crippen molar-refractivity contribution in [3.05, 3.63) is 42.5 Å². The van der Waals surface area contributed by atoms with Gasteiger partial charge in [-0.1, -0.05) is 30.3 Å². The second kappa shape index (κ2) is 6.27. The van der Waals surface area contributed by atoms with Crippen molar-refractivity contribution in [2.24, 2.45) is 5.92 Å². The van der Waals surface area contributed by atoms with Crippen LogP contribution >= 0.6 is 0 Å². The number of hydrogen-bond acceptors (Lipinski definition) is 3. The lowest BCUT2D eigenvalue weighted by atomic mass is 10.1. The summed E-state index contributed by atoms with van der Waals surface area (Å²) in [5, 5.41) is 2.66. The molecule has 2 fully saturated rings. The Bertz CT molecular complexity index is 628. The molecule has 2 aromatic carbocycles. The fourth-order valence-electron chi connectivity index (χ4n) is 3.65. The highest BCUT2D eigenvalue weighted by atomic mass is 16.5. The Labute approximate surface area is 132 Å². The Morgan fingerprint density at radius 2 is 1.77 bits per heavy atom. The summed E-state index contributed by atoms with van der Waals surface area (Å²) in [6.07, 6.45) is 1.24. The van der Waals surface area contributed by atoms with Crippen LogP contribution in [0.5, 0.6) is 0 Å². The van der Waals surface area contributed by atoms with Crippen LogP contribution in [-0.4, -0.2) is 50.8 Å². The molecule has 1 atom stereocenters. The van der Waals surface area contributed by atoms with Crippen molar-refractivity contribution in [2.75, 3.05) is 50.8 Å². The second-order valence-corrected chi connectivity index (χ2v) is 6.55. The predicted molar refractivity (Wildman–Crippen MR) is 91.5 cm³/mol. The monoisotopic (exact) mass is 296 g/mol. The molecule has 1 unspecified atom stereocenters. The Hall–Kier alpha value is -1.58. The molecule has 0 spiro atoms. The SMILES string of the molecule is c1ccc2cc(N3CCN(CC4CCOC4)CC3)ccc2c1. The summed E-state index contributed by atoms with van der Waals surface area (Å²) in [5.74, 6) is 0.757. The lowest BCUT2D eigenvalue weighted by molar-refractivity contribution is 0.164. The predicted octanol–water partition coefficient (Wildman–Crippen LogP) is 3.00. The average Bonchev–Trinajstić information content (AvgIpc) is 3.08. The molecule has 0 amide bonds. The van der Waals surface area contributed by atoms with Gasteiger partial charge in [0.15, 0.2) is 0 Å². The van der Waals surface area contributed by atoms with E-state index in [4.69, 9.17) is 4.74 Å². The van der Waals surface area contributed by atoms with Crippen molar-refractivity contribution >= 4 is 16.5 Å². The second-order valence-electron chi connectivity index (χ2n) is 6.55. The van der Waals surface area contributed by atoms with Crippen molar-refractivity contribution < 1.29 is 4.74 Å². The molecule has 2 aliphatic heterocycles. The highest BCUT2D eigenvalue weighted by Crippen LogP contribution is 2.23. The molecule has 0 N–H and O–H groups in total. The van der Waals surface area contributed by atoms with Crippen LogP contribution in [0.1, 0.15) is 6.42 Å². The number of hydrogen-bond donors (Lipinski definition) is 0. The summed E-state index contributed by atoms with van der Waals surface area (Å²) < 4.78 is 5.49.